The Morgan fingerprint density at radius 3 is 3.06 bits per heavy atom. The Kier molecular flexibility index (Phi) is 2.44. The second-order valence-corrected chi connectivity index (χ2v) is 4.38. The van der Waals surface area contributed by atoms with Gasteiger partial charge in [-0.25, -0.2) is 4.98 Å². The van der Waals surface area contributed by atoms with Crippen LogP contribution in [0.1, 0.15) is 5.76 Å². The van der Waals surface area contributed by atoms with Crippen LogP contribution in [0.5, 0.6) is 0 Å². The number of halogens is 1. The molecule has 0 fully saturated rings. The summed E-state index contributed by atoms with van der Waals surface area (Å²) >= 11 is 3.29. The second-order valence-electron chi connectivity index (χ2n) is 3.67. The van der Waals surface area contributed by atoms with Gasteiger partial charge in [-0.1, -0.05) is 0 Å². The molecule has 0 atom stereocenters. The number of hydrogen-bond donors (Lipinski definition) is 2. The third-order valence-corrected chi connectivity index (χ3v) is 3.08. The summed E-state index contributed by atoms with van der Waals surface area (Å²) in [7, 11) is 0. The van der Waals surface area contributed by atoms with Crippen molar-refractivity contribution in [3.63, 3.8) is 0 Å². The molecule has 3 N–H and O–H groups in total. The van der Waals surface area contributed by atoms with Gasteiger partial charge in [-0.15, -0.1) is 0 Å². The Morgan fingerprint density at radius 1 is 1.50 bits per heavy atom. The first-order chi connectivity index (χ1) is 8.65. The molecule has 0 unspecified atom stereocenters. The van der Waals surface area contributed by atoms with Crippen LogP contribution in [0.3, 0.4) is 0 Å². The number of H-pyrrole nitrogens is 1. The van der Waals surface area contributed by atoms with Crippen molar-refractivity contribution in [1.82, 2.24) is 19.5 Å². The zero-order valence-corrected chi connectivity index (χ0v) is 10.6. The summed E-state index contributed by atoms with van der Waals surface area (Å²) in [5.74, 6) is 0.788. The number of hydrogen-bond acceptors (Lipinski definition) is 5. The third kappa shape index (κ3) is 1.70. The number of aromatic amines is 1. The number of nitrogen functional groups attached to an aromatic ring is 1. The number of anilines is 1. The van der Waals surface area contributed by atoms with Gasteiger partial charge < -0.3 is 10.2 Å². The van der Waals surface area contributed by atoms with Crippen molar-refractivity contribution in [3.8, 4) is 0 Å². The van der Waals surface area contributed by atoms with Crippen LogP contribution in [0.4, 0.5) is 5.95 Å². The fourth-order valence-electron chi connectivity index (χ4n) is 1.70. The first kappa shape index (κ1) is 11.0. The highest BCUT2D eigenvalue weighted by Crippen LogP contribution is 2.18. The maximum atomic E-state index is 11.7. The topological polar surface area (TPSA) is 103 Å². The van der Waals surface area contributed by atoms with Crippen LogP contribution in [0.25, 0.3) is 11.2 Å². The van der Waals surface area contributed by atoms with Crippen molar-refractivity contribution in [2.24, 2.45) is 0 Å². The number of fused-ring (bicyclic) bond motifs is 1. The molecule has 0 aromatic carbocycles. The normalized spacial score (nSPS) is 11.2. The molecule has 0 aliphatic rings. The molecule has 18 heavy (non-hydrogen) atoms. The van der Waals surface area contributed by atoms with Crippen molar-refractivity contribution < 1.29 is 4.42 Å². The van der Waals surface area contributed by atoms with Crippen molar-refractivity contribution in [2.45, 2.75) is 6.54 Å². The number of furan rings is 1. The van der Waals surface area contributed by atoms with Crippen LogP contribution in [0.2, 0.25) is 0 Å². The summed E-state index contributed by atoms with van der Waals surface area (Å²) < 4.78 is 7.46. The van der Waals surface area contributed by atoms with Gasteiger partial charge in [-0.2, -0.15) is 4.98 Å². The van der Waals surface area contributed by atoms with E-state index < -0.39 is 0 Å². The van der Waals surface area contributed by atoms with Gasteiger partial charge in [0.15, 0.2) is 15.9 Å². The molecule has 3 aromatic heterocycles. The maximum absolute atomic E-state index is 11.7. The molecule has 3 aromatic rings. The van der Waals surface area contributed by atoms with E-state index in [0.717, 1.165) is 5.76 Å². The molecule has 0 spiro atoms. The SMILES string of the molecule is Nc1nc2c(nc(Br)n2Cc2ccco2)c(=O)[nH]1. The highest BCUT2D eigenvalue weighted by Gasteiger charge is 2.14. The minimum atomic E-state index is -0.364. The first-order valence-electron chi connectivity index (χ1n) is 5.09. The van der Waals surface area contributed by atoms with E-state index in [9.17, 15) is 4.79 Å². The monoisotopic (exact) mass is 309 g/mol. The van der Waals surface area contributed by atoms with Gasteiger partial charge in [0.2, 0.25) is 5.95 Å². The maximum Gasteiger partial charge on any atom is 0.280 e. The van der Waals surface area contributed by atoms with E-state index in [1.807, 2.05) is 6.07 Å². The Labute approximate surface area is 109 Å². The predicted octanol–water partition coefficient (Wildman–Crippen LogP) is 1.11. The van der Waals surface area contributed by atoms with Gasteiger partial charge in [0, 0.05) is 0 Å². The van der Waals surface area contributed by atoms with Crippen LogP contribution in [-0.2, 0) is 6.54 Å². The van der Waals surface area contributed by atoms with E-state index in [1.54, 1.807) is 16.9 Å². The summed E-state index contributed by atoms with van der Waals surface area (Å²) in [5.41, 5.74) is 5.82. The minimum absolute atomic E-state index is 0.0561. The molecule has 0 saturated carbocycles. The zero-order chi connectivity index (χ0) is 12.7. The molecule has 3 heterocycles. The summed E-state index contributed by atoms with van der Waals surface area (Å²) in [6.07, 6.45) is 1.58. The molecular formula is C10H8BrN5O2. The molecule has 0 bridgehead atoms. The molecular weight excluding hydrogens is 302 g/mol. The number of nitrogens with one attached hydrogen (secondary N) is 1. The summed E-state index contributed by atoms with van der Waals surface area (Å²) in [6.45, 7) is 0.417. The lowest BCUT2D eigenvalue weighted by atomic mass is 10.4. The lowest BCUT2D eigenvalue weighted by Gasteiger charge is -2.02. The molecule has 0 aliphatic carbocycles. The van der Waals surface area contributed by atoms with Crippen molar-refractivity contribution >= 4 is 33.0 Å². The van der Waals surface area contributed by atoms with E-state index in [2.05, 4.69) is 30.9 Å². The van der Waals surface area contributed by atoms with E-state index in [0.29, 0.717) is 16.9 Å². The van der Waals surface area contributed by atoms with Crippen LogP contribution in [-0.4, -0.2) is 19.5 Å². The highest BCUT2D eigenvalue weighted by atomic mass is 79.9. The molecule has 3 rings (SSSR count). The Morgan fingerprint density at radius 2 is 2.33 bits per heavy atom. The molecule has 0 aliphatic heterocycles. The second kappa shape index (κ2) is 3.98. The van der Waals surface area contributed by atoms with Crippen LogP contribution in [0, 0.1) is 0 Å². The van der Waals surface area contributed by atoms with Crippen LogP contribution in [0.15, 0.2) is 32.3 Å². The van der Waals surface area contributed by atoms with Crippen molar-refractivity contribution in [2.75, 3.05) is 5.73 Å². The van der Waals surface area contributed by atoms with Crippen molar-refractivity contribution in [1.29, 1.82) is 0 Å². The fraction of sp³-hybridized carbons (Fsp3) is 0.100. The third-order valence-electron chi connectivity index (χ3n) is 2.47. The van der Waals surface area contributed by atoms with Gasteiger partial charge in [-0.3, -0.25) is 14.3 Å². The van der Waals surface area contributed by atoms with Gasteiger partial charge >= 0.3 is 0 Å². The quantitative estimate of drug-likeness (QED) is 0.690. The number of nitrogens with zero attached hydrogens (tertiary/aromatic N) is 3. The average molecular weight is 310 g/mol. The molecule has 8 heteroatoms. The van der Waals surface area contributed by atoms with Crippen LogP contribution >= 0.6 is 15.9 Å². The predicted molar refractivity (Wildman–Crippen MR) is 68.1 cm³/mol. The largest absolute Gasteiger partial charge is 0.467 e. The standard InChI is InChI=1S/C10H8BrN5O2/c11-9-13-6-7(14-10(12)15-8(6)17)16(9)4-5-2-1-3-18-5/h1-3H,4H2,(H3,12,14,15,17). The molecule has 0 saturated heterocycles. The smallest absolute Gasteiger partial charge is 0.280 e. The number of aromatic nitrogens is 4. The Hall–Kier alpha value is -2.09. The fourth-order valence-corrected chi connectivity index (χ4v) is 2.17. The van der Waals surface area contributed by atoms with Crippen molar-refractivity contribution in [3.05, 3.63) is 39.2 Å². The number of rotatable bonds is 2. The number of imidazole rings is 1. The Balaban J connectivity index is 2.22. The molecule has 7 nitrogen and oxygen atoms in total. The van der Waals surface area contributed by atoms with E-state index in [1.165, 1.54) is 0 Å². The minimum Gasteiger partial charge on any atom is -0.467 e. The van der Waals surface area contributed by atoms with Gasteiger partial charge in [0.25, 0.3) is 5.56 Å². The molecule has 0 amide bonds. The van der Waals surface area contributed by atoms with E-state index in [-0.39, 0.29) is 17.0 Å². The average Bonchev–Trinajstić information content (AvgIpc) is 2.91. The molecule has 0 radical (unpaired) electrons. The number of nitrogens with two attached hydrogens (primary N) is 1. The summed E-state index contributed by atoms with van der Waals surface area (Å²) in [6, 6.07) is 3.62. The summed E-state index contributed by atoms with van der Waals surface area (Å²) in [4.78, 5) is 22.3. The highest BCUT2D eigenvalue weighted by molar-refractivity contribution is 9.10. The summed E-state index contributed by atoms with van der Waals surface area (Å²) in [5, 5.41) is 0. The van der Waals surface area contributed by atoms with Gasteiger partial charge in [-0.05, 0) is 28.1 Å². The first-order valence-corrected chi connectivity index (χ1v) is 5.88. The van der Waals surface area contributed by atoms with Crippen LogP contribution < -0.4 is 11.3 Å². The molecule has 92 valence electrons. The van der Waals surface area contributed by atoms with E-state index in [4.69, 9.17) is 10.2 Å². The van der Waals surface area contributed by atoms with E-state index >= 15 is 0 Å². The van der Waals surface area contributed by atoms with Gasteiger partial charge in [0.1, 0.15) is 5.76 Å². The lowest BCUT2D eigenvalue weighted by molar-refractivity contribution is 0.493. The van der Waals surface area contributed by atoms with Gasteiger partial charge in [0.05, 0.1) is 12.8 Å². The zero-order valence-electron chi connectivity index (χ0n) is 9.05. The lowest BCUT2D eigenvalue weighted by Crippen LogP contribution is -2.12. The Bertz CT molecular complexity index is 759.